The summed E-state index contributed by atoms with van der Waals surface area (Å²) in [6.07, 6.45) is 0. The second kappa shape index (κ2) is 6.00. The summed E-state index contributed by atoms with van der Waals surface area (Å²) >= 11 is 0. The Bertz CT molecular complexity index is 254. The summed E-state index contributed by atoms with van der Waals surface area (Å²) in [5, 5.41) is 3.06. The van der Waals surface area contributed by atoms with Gasteiger partial charge in [-0.05, 0) is 31.5 Å². The van der Waals surface area contributed by atoms with Gasteiger partial charge in [-0.2, -0.15) is 0 Å². The summed E-state index contributed by atoms with van der Waals surface area (Å²) in [6.45, 7) is 7.40. The second-order valence-corrected chi connectivity index (χ2v) is 3.63. The lowest BCUT2D eigenvalue weighted by atomic mass is 10.2. The van der Waals surface area contributed by atoms with Crippen LogP contribution in [0.1, 0.15) is 19.4 Å². The summed E-state index contributed by atoms with van der Waals surface area (Å²) in [7, 11) is 2.52. The fraction of sp³-hybridized carbons (Fsp3) is 0.455. The van der Waals surface area contributed by atoms with Crippen LogP contribution in [-0.2, 0) is 6.54 Å². The van der Waals surface area contributed by atoms with E-state index in [1.165, 1.54) is 11.3 Å². The Labute approximate surface area is 89.0 Å². The van der Waals surface area contributed by atoms with Crippen LogP contribution in [0.15, 0.2) is 24.3 Å². The summed E-state index contributed by atoms with van der Waals surface area (Å²) < 4.78 is 0. The van der Waals surface area contributed by atoms with Gasteiger partial charge < -0.3 is 4.90 Å². The molecule has 2 nitrogen and oxygen atoms in total. The highest BCUT2D eigenvalue weighted by atomic mass is 31.0. The zero-order chi connectivity index (χ0) is 10.4. The number of rotatable bonds is 5. The Morgan fingerprint density at radius 1 is 1.14 bits per heavy atom. The molecule has 1 N–H and O–H groups in total. The quantitative estimate of drug-likeness (QED) is 0.751. The van der Waals surface area contributed by atoms with E-state index in [-0.39, 0.29) is 0 Å². The molecule has 0 fully saturated rings. The van der Waals surface area contributed by atoms with Crippen LogP contribution in [0.25, 0.3) is 0 Å². The maximum absolute atomic E-state index is 3.06. The topological polar surface area (TPSA) is 15.3 Å². The molecule has 0 saturated carbocycles. The van der Waals surface area contributed by atoms with Crippen LogP contribution < -0.4 is 9.99 Å². The van der Waals surface area contributed by atoms with Gasteiger partial charge >= 0.3 is 0 Å². The third kappa shape index (κ3) is 2.97. The van der Waals surface area contributed by atoms with Crippen molar-refractivity contribution in [2.45, 2.75) is 20.4 Å². The predicted molar refractivity (Wildman–Crippen MR) is 66.6 cm³/mol. The van der Waals surface area contributed by atoms with Gasteiger partial charge in [0, 0.05) is 25.3 Å². The van der Waals surface area contributed by atoms with Crippen molar-refractivity contribution in [2.75, 3.05) is 18.0 Å². The Morgan fingerprint density at radius 3 is 2.14 bits per heavy atom. The lowest BCUT2D eigenvalue weighted by Gasteiger charge is -2.21. The van der Waals surface area contributed by atoms with Gasteiger partial charge in [0.1, 0.15) is 0 Å². The molecule has 1 rings (SSSR count). The van der Waals surface area contributed by atoms with Crippen LogP contribution in [0.5, 0.6) is 0 Å². The Balaban J connectivity index is 2.71. The smallest absolute Gasteiger partial charge is 0.0366 e. The number of nitrogens with one attached hydrogen (secondary N) is 1. The lowest BCUT2D eigenvalue weighted by molar-refractivity contribution is 0.864. The molecule has 78 valence electrons. The van der Waals surface area contributed by atoms with E-state index in [2.05, 4.69) is 57.5 Å². The van der Waals surface area contributed by atoms with Crippen LogP contribution in [0, 0.1) is 0 Å². The van der Waals surface area contributed by atoms with Crippen LogP contribution in [-0.4, -0.2) is 13.1 Å². The molecule has 1 unspecified atom stereocenters. The maximum Gasteiger partial charge on any atom is 0.0366 e. The molecule has 0 amide bonds. The van der Waals surface area contributed by atoms with Gasteiger partial charge in [-0.25, -0.2) is 0 Å². The van der Waals surface area contributed by atoms with E-state index in [0.717, 1.165) is 19.6 Å². The first-order valence-electron chi connectivity index (χ1n) is 5.09. The average molecular weight is 210 g/mol. The molecule has 0 aromatic heterocycles. The first-order chi connectivity index (χ1) is 6.81. The van der Waals surface area contributed by atoms with Gasteiger partial charge in [-0.15, -0.1) is 0 Å². The van der Waals surface area contributed by atoms with E-state index in [1.54, 1.807) is 0 Å². The van der Waals surface area contributed by atoms with Gasteiger partial charge in [0.25, 0.3) is 0 Å². The molecule has 1 atom stereocenters. The van der Waals surface area contributed by atoms with Crippen LogP contribution in [0.3, 0.4) is 0 Å². The molecule has 1 aromatic carbocycles. The molecular weight excluding hydrogens is 191 g/mol. The van der Waals surface area contributed by atoms with Crippen LogP contribution >= 0.6 is 9.39 Å². The van der Waals surface area contributed by atoms with Gasteiger partial charge in [-0.3, -0.25) is 5.09 Å². The number of anilines is 1. The summed E-state index contributed by atoms with van der Waals surface area (Å²) in [4.78, 5) is 2.35. The van der Waals surface area contributed by atoms with E-state index in [0.29, 0.717) is 0 Å². The van der Waals surface area contributed by atoms with Crippen molar-refractivity contribution in [3.8, 4) is 0 Å². The van der Waals surface area contributed by atoms with E-state index in [4.69, 9.17) is 0 Å². The summed E-state index contributed by atoms with van der Waals surface area (Å²) in [5.41, 5.74) is 2.62. The minimum absolute atomic E-state index is 0.906. The molecule has 0 heterocycles. The molecule has 0 aliphatic rings. The van der Waals surface area contributed by atoms with Crippen molar-refractivity contribution < 1.29 is 0 Å². The van der Waals surface area contributed by atoms with Gasteiger partial charge in [-0.1, -0.05) is 21.5 Å². The van der Waals surface area contributed by atoms with Crippen molar-refractivity contribution in [3.05, 3.63) is 29.8 Å². The van der Waals surface area contributed by atoms with E-state index < -0.39 is 0 Å². The summed E-state index contributed by atoms with van der Waals surface area (Å²) in [6, 6.07) is 8.71. The monoisotopic (exact) mass is 210 g/mol. The fourth-order valence-corrected chi connectivity index (χ4v) is 1.77. The molecule has 0 bridgehead atoms. The number of benzene rings is 1. The Morgan fingerprint density at radius 2 is 1.71 bits per heavy atom. The molecule has 14 heavy (non-hydrogen) atoms. The van der Waals surface area contributed by atoms with Crippen LogP contribution in [0.2, 0.25) is 0 Å². The molecule has 0 spiro atoms. The number of nitrogens with zero attached hydrogens (tertiary/aromatic N) is 1. The fourth-order valence-electron chi connectivity index (χ4n) is 1.53. The zero-order valence-electron chi connectivity index (χ0n) is 8.96. The van der Waals surface area contributed by atoms with Crippen molar-refractivity contribution in [2.24, 2.45) is 0 Å². The second-order valence-electron chi connectivity index (χ2n) is 3.22. The largest absolute Gasteiger partial charge is 0.372 e. The van der Waals surface area contributed by atoms with Crippen molar-refractivity contribution in [1.82, 2.24) is 5.09 Å². The lowest BCUT2D eigenvalue weighted by Crippen LogP contribution is -2.21. The molecule has 3 heteroatoms. The first-order valence-corrected chi connectivity index (χ1v) is 5.66. The Kier molecular flexibility index (Phi) is 4.92. The van der Waals surface area contributed by atoms with Crippen molar-refractivity contribution in [1.29, 1.82) is 0 Å². The molecule has 0 aliphatic heterocycles. The van der Waals surface area contributed by atoms with E-state index >= 15 is 0 Å². The zero-order valence-corrected chi connectivity index (χ0v) is 10.1. The minimum Gasteiger partial charge on any atom is -0.372 e. The third-order valence-corrected chi connectivity index (χ3v) is 2.58. The first kappa shape index (κ1) is 11.5. The molecule has 0 aliphatic carbocycles. The van der Waals surface area contributed by atoms with Gasteiger partial charge in [0.2, 0.25) is 0 Å². The SMILES string of the molecule is CCN(CC)c1ccc(CNP)cc1. The highest BCUT2D eigenvalue weighted by Gasteiger charge is 2.00. The highest BCUT2D eigenvalue weighted by molar-refractivity contribution is 7.13. The van der Waals surface area contributed by atoms with E-state index in [9.17, 15) is 0 Å². The maximum atomic E-state index is 3.06. The van der Waals surface area contributed by atoms with Gasteiger partial charge in [0.05, 0.1) is 0 Å². The molecular formula is C11H19N2P. The molecule has 0 radical (unpaired) electrons. The third-order valence-electron chi connectivity index (χ3n) is 2.37. The summed E-state index contributed by atoms with van der Waals surface area (Å²) in [5.74, 6) is 0. The highest BCUT2D eigenvalue weighted by Crippen LogP contribution is 2.14. The standard InChI is InChI=1S/C11H19N2P/c1-3-13(4-2)11-7-5-10(6-8-11)9-12-14/h5-8,12H,3-4,9,14H2,1-2H3. The minimum atomic E-state index is 0.906. The van der Waals surface area contributed by atoms with Crippen molar-refractivity contribution in [3.63, 3.8) is 0 Å². The number of hydrogen-bond acceptors (Lipinski definition) is 2. The Hall–Kier alpha value is -0.590. The molecule has 1 aromatic rings. The van der Waals surface area contributed by atoms with E-state index in [1.807, 2.05) is 0 Å². The predicted octanol–water partition coefficient (Wildman–Crippen LogP) is 2.41. The molecule has 0 saturated heterocycles. The van der Waals surface area contributed by atoms with Crippen molar-refractivity contribution >= 4 is 15.1 Å². The normalized spacial score (nSPS) is 10.2. The van der Waals surface area contributed by atoms with Gasteiger partial charge in [0.15, 0.2) is 0 Å². The van der Waals surface area contributed by atoms with Crippen LogP contribution in [0.4, 0.5) is 5.69 Å². The number of hydrogen-bond donors (Lipinski definition) is 1. The average Bonchev–Trinajstić information content (AvgIpc) is 2.23.